The maximum atomic E-state index is 11.7. The van der Waals surface area contributed by atoms with Gasteiger partial charge in [0.25, 0.3) is 0 Å². The molecular formula is C11H18N2O3. The molecule has 0 aromatic rings. The molecule has 0 radical (unpaired) electrons. The molecule has 1 saturated heterocycles. The Hall–Kier alpha value is -1.39. The summed E-state index contributed by atoms with van der Waals surface area (Å²) in [5.41, 5.74) is 0.534. The molecule has 0 bridgehead atoms. The van der Waals surface area contributed by atoms with Crippen molar-refractivity contribution in [2.45, 2.75) is 39.2 Å². The predicted octanol–water partition coefficient (Wildman–Crippen LogP) is 2.67. The van der Waals surface area contributed by atoms with Crippen molar-refractivity contribution in [1.29, 1.82) is 0 Å². The zero-order chi connectivity index (χ0) is 12.2. The molecule has 1 aliphatic heterocycles. The number of rotatable bonds is 1. The van der Waals surface area contributed by atoms with Crippen LogP contribution in [0.25, 0.3) is 0 Å². The number of amides is 1. The Morgan fingerprint density at radius 2 is 1.94 bits per heavy atom. The molecule has 0 aromatic carbocycles. The van der Waals surface area contributed by atoms with Gasteiger partial charge in [0.2, 0.25) is 0 Å². The second kappa shape index (κ2) is 5.09. The van der Waals surface area contributed by atoms with Crippen LogP contribution in [0.2, 0.25) is 0 Å². The first-order valence-electron chi connectivity index (χ1n) is 5.40. The molecule has 0 saturated carbocycles. The predicted molar refractivity (Wildman–Crippen MR) is 60.9 cm³/mol. The van der Waals surface area contributed by atoms with E-state index in [0.29, 0.717) is 25.9 Å². The lowest BCUT2D eigenvalue weighted by Gasteiger charge is -2.30. The van der Waals surface area contributed by atoms with E-state index < -0.39 is 5.60 Å². The summed E-state index contributed by atoms with van der Waals surface area (Å²) in [7, 11) is 0. The van der Waals surface area contributed by atoms with Gasteiger partial charge in [0.15, 0.2) is 0 Å². The molecule has 1 fully saturated rings. The fraction of sp³-hybridized carbons (Fsp3) is 0.727. The first kappa shape index (κ1) is 12.7. The molecule has 0 N–H and O–H groups in total. The van der Waals surface area contributed by atoms with Crippen LogP contribution in [0.15, 0.2) is 16.9 Å². The lowest BCUT2D eigenvalue weighted by atomic mass is 10.1. The molecule has 90 valence electrons. The highest BCUT2D eigenvalue weighted by Crippen LogP contribution is 2.18. The number of ether oxygens (including phenoxy) is 1. The second-order valence-electron chi connectivity index (χ2n) is 4.86. The third-order valence-electron chi connectivity index (χ3n) is 2.29. The van der Waals surface area contributed by atoms with Crippen molar-refractivity contribution in [2.75, 3.05) is 13.1 Å². The summed E-state index contributed by atoms with van der Waals surface area (Å²) in [6.07, 6.45) is 2.45. The number of piperidine rings is 1. The van der Waals surface area contributed by atoms with E-state index in [1.54, 1.807) is 4.90 Å². The van der Waals surface area contributed by atoms with Crippen LogP contribution in [0, 0.1) is 4.91 Å². The van der Waals surface area contributed by atoms with E-state index in [1.165, 1.54) is 6.20 Å². The Morgan fingerprint density at radius 1 is 1.38 bits per heavy atom. The molecule has 0 aromatic heterocycles. The highest BCUT2D eigenvalue weighted by atomic mass is 16.6. The summed E-state index contributed by atoms with van der Waals surface area (Å²) in [5, 5.41) is 2.74. The number of carbonyl (C=O) groups excluding carboxylic acids is 1. The molecule has 1 heterocycles. The second-order valence-corrected chi connectivity index (χ2v) is 4.86. The topological polar surface area (TPSA) is 59.0 Å². The summed E-state index contributed by atoms with van der Waals surface area (Å²) in [5.74, 6) is 0. The number of nitrogens with zero attached hydrogens (tertiary/aromatic N) is 2. The number of carbonyl (C=O) groups is 1. The van der Waals surface area contributed by atoms with Gasteiger partial charge in [-0.2, -0.15) is 0 Å². The van der Waals surface area contributed by atoms with Crippen molar-refractivity contribution < 1.29 is 9.53 Å². The zero-order valence-electron chi connectivity index (χ0n) is 10.0. The highest BCUT2D eigenvalue weighted by Gasteiger charge is 2.24. The van der Waals surface area contributed by atoms with Gasteiger partial charge in [-0.3, -0.25) is 0 Å². The normalized spacial score (nSPS) is 16.9. The van der Waals surface area contributed by atoms with Crippen LogP contribution < -0.4 is 0 Å². The standard InChI is InChI=1S/C11H18N2O3/c1-11(2,3)16-10(14)13-6-4-9(5-7-13)8-12-15/h8H,4-7H2,1-3H3. The number of likely N-dealkylation sites (tertiary alicyclic amines) is 1. The summed E-state index contributed by atoms with van der Waals surface area (Å²) >= 11 is 0. The van der Waals surface area contributed by atoms with E-state index in [9.17, 15) is 9.70 Å². The van der Waals surface area contributed by atoms with Crippen LogP contribution in [0.5, 0.6) is 0 Å². The van der Waals surface area contributed by atoms with Gasteiger partial charge in [-0.05, 0) is 44.4 Å². The van der Waals surface area contributed by atoms with Gasteiger partial charge in [-0.25, -0.2) is 4.79 Å². The molecule has 1 aliphatic rings. The van der Waals surface area contributed by atoms with E-state index in [4.69, 9.17) is 4.74 Å². The summed E-state index contributed by atoms with van der Waals surface area (Å²) < 4.78 is 5.25. The lowest BCUT2D eigenvalue weighted by Crippen LogP contribution is -2.40. The first-order valence-corrected chi connectivity index (χ1v) is 5.40. The van der Waals surface area contributed by atoms with Gasteiger partial charge in [-0.15, -0.1) is 4.91 Å². The molecule has 5 nitrogen and oxygen atoms in total. The summed E-state index contributed by atoms with van der Waals surface area (Å²) in [4.78, 5) is 23.4. The minimum absolute atomic E-state index is 0.286. The molecule has 16 heavy (non-hydrogen) atoms. The number of hydrogen-bond donors (Lipinski definition) is 0. The van der Waals surface area contributed by atoms with Gasteiger partial charge in [0.05, 0.1) is 6.20 Å². The lowest BCUT2D eigenvalue weighted by molar-refractivity contribution is 0.0236. The monoisotopic (exact) mass is 226 g/mol. The molecule has 1 amide bonds. The van der Waals surface area contributed by atoms with Crippen LogP contribution in [0.4, 0.5) is 4.79 Å². The Balaban J connectivity index is 2.45. The average molecular weight is 226 g/mol. The highest BCUT2D eigenvalue weighted by molar-refractivity contribution is 5.68. The zero-order valence-corrected chi connectivity index (χ0v) is 10.0. The van der Waals surface area contributed by atoms with Gasteiger partial charge in [0, 0.05) is 13.1 Å². The fourth-order valence-electron chi connectivity index (χ4n) is 1.51. The maximum absolute atomic E-state index is 11.7. The van der Waals surface area contributed by atoms with Gasteiger partial charge in [-0.1, -0.05) is 0 Å². The first-order chi connectivity index (χ1) is 7.42. The van der Waals surface area contributed by atoms with Crippen molar-refractivity contribution in [3.05, 3.63) is 16.7 Å². The van der Waals surface area contributed by atoms with Crippen molar-refractivity contribution in [3.63, 3.8) is 0 Å². The average Bonchev–Trinajstić information content (AvgIpc) is 2.16. The minimum Gasteiger partial charge on any atom is -0.444 e. The molecular weight excluding hydrogens is 208 g/mol. The van der Waals surface area contributed by atoms with Crippen LogP contribution in [-0.4, -0.2) is 29.7 Å². The molecule has 0 spiro atoms. The van der Waals surface area contributed by atoms with Gasteiger partial charge in [0.1, 0.15) is 5.60 Å². The maximum Gasteiger partial charge on any atom is 0.410 e. The Morgan fingerprint density at radius 3 is 2.38 bits per heavy atom. The molecule has 0 unspecified atom stereocenters. The van der Waals surface area contributed by atoms with E-state index in [0.717, 1.165) is 5.57 Å². The molecule has 1 rings (SSSR count). The largest absolute Gasteiger partial charge is 0.444 e. The molecule has 0 atom stereocenters. The fourth-order valence-corrected chi connectivity index (χ4v) is 1.51. The SMILES string of the molecule is CC(C)(C)OC(=O)N1CCC(=CN=O)CC1. The third kappa shape index (κ3) is 4.00. The van der Waals surface area contributed by atoms with Crippen LogP contribution in [-0.2, 0) is 4.74 Å². The summed E-state index contributed by atoms with van der Waals surface area (Å²) in [6, 6.07) is 0. The smallest absolute Gasteiger partial charge is 0.410 e. The number of nitroso groups, excluding NO2 is 1. The van der Waals surface area contributed by atoms with Crippen molar-refractivity contribution in [1.82, 2.24) is 4.90 Å². The minimum atomic E-state index is -0.461. The number of hydrogen-bond acceptors (Lipinski definition) is 4. The van der Waals surface area contributed by atoms with Crippen LogP contribution in [0.1, 0.15) is 33.6 Å². The van der Waals surface area contributed by atoms with Gasteiger partial charge < -0.3 is 9.64 Å². The molecule has 5 heteroatoms. The Bertz CT molecular complexity index is 295. The van der Waals surface area contributed by atoms with E-state index in [1.807, 2.05) is 20.8 Å². The van der Waals surface area contributed by atoms with Crippen molar-refractivity contribution in [2.24, 2.45) is 5.18 Å². The van der Waals surface area contributed by atoms with Gasteiger partial charge >= 0.3 is 6.09 Å². The Kier molecular flexibility index (Phi) is 4.04. The van der Waals surface area contributed by atoms with Crippen molar-refractivity contribution in [3.8, 4) is 0 Å². The van der Waals surface area contributed by atoms with E-state index in [-0.39, 0.29) is 6.09 Å². The Labute approximate surface area is 95.4 Å². The van der Waals surface area contributed by atoms with Crippen LogP contribution >= 0.6 is 0 Å². The van der Waals surface area contributed by atoms with Crippen molar-refractivity contribution >= 4 is 6.09 Å². The van der Waals surface area contributed by atoms with E-state index >= 15 is 0 Å². The molecule has 0 aliphatic carbocycles. The third-order valence-corrected chi connectivity index (χ3v) is 2.29. The van der Waals surface area contributed by atoms with E-state index in [2.05, 4.69) is 5.18 Å². The quantitative estimate of drug-likeness (QED) is 0.646. The summed E-state index contributed by atoms with van der Waals surface area (Å²) in [6.45, 7) is 6.72. The van der Waals surface area contributed by atoms with Crippen LogP contribution in [0.3, 0.4) is 0 Å².